The number of anilines is 1. The smallest absolute Gasteiger partial charge is 0.209 e. The van der Waals surface area contributed by atoms with E-state index in [1.54, 1.807) is 0 Å². The molecule has 5 rings (SSSR count). The number of aromatic nitrogens is 2. The Morgan fingerprint density at radius 2 is 1.93 bits per heavy atom. The molecule has 0 spiro atoms. The molecule has 0 amide bonds. The average Bonchev–Trinajstić information content (AvgIpc) is 3.35. The van der Waals surface area contributed by atoms with E-state index in [0.717, 1.165) is 62.7 Å². The third-order valence-electron chi connectivity index (χ3n) is 6.35. The second kappa shape index (κ2) is 7.76. The van der Waals surface area contributed by atoms with E-state index < -0.39 is 0 Å². The van der Waals surface area contributed by atoms with Crippen LogP contribution in [0, 0.1) is 6.92 Å². The van der Waals surface area contributed by atoms with Crippen molar-refractivity contribution in [3.63, 3.8) is 0 Å². The fraction of sp³-hybridized carbons (Fsp3) is 0.478. The van der Waals surface area contributed by atoms with Crippen LogP contribution in [0.1, 0.15) is 36.0 Å². The third kappa shape index (κ3) is 3.63. The lowest BCUT2D eigenvalue weighted by molar-refractivity contribution is 0.221. The number of fused-ring (bicyclic) bond motifs is 1. The highest BCUT2D eigenvalue weighted by atomic mass is 16.3. The van der Waals surface area contributed by atoms with Gasteiger partial charge in [-0.3, -0.25) is 9.88 Å². The summed E-state index contributed by atoms with van der Waals surface area (Å²) in [5, 5.41) is 0. The summed E-state index contributed by atoms with van der Waals surface area (Å²) in [5.41, 5.74) is 5.54. The van der Waals surface area contributed by atoms with Gasteiger partial charge in [0.25, 0.3) is 0 Å². The summed E-state index contributed by atoms with van der Waals surface area (Å²) >= 11 is 0. The first-order valence-electron chi connectivity index (χ1n) is 10.7. The Kier molecular flexibility index (Phi) is 4.97. The van der Waals surface area contributed by atoms with Crippen molar-refractivity contribution in [3.8, 4) is 0 Å². The molecule has 0 aliphatic carbocycles. The maximum absolute atomic E-state index is 6.19. The van der Waals surface area contributed by atoms with Crippen LogP contribution >= 0.6 is 0 Å². The van der Waals surface area contributed by atoms with E-state index in [2.05, 4.69) is 51.9 Å². The van der Waals surface area contributed by atoms with Gasteiger partial charge in [0.15, 0.2) is 5.58 Å². The Balaban J connectivity index is 1.40. The van der Waals surface area contributed by atoms with E-state index in [9.17, 15) is 0 Å². The van der Waals surface area contributed by atoms with Crippen molar-refractivity contribution in [1.29, 1.82) is 0 Å². The number of oxazole rings is 1. The van der Waals surface area contributed by atoms with Crippen molar-refractivity contribution in [2.24, 2.45) is 0 Å². The highest BCUT2D eigenvalue weighted by Crippen LogP contribution is 2.34. The van der Waals surface area contributed by atoms with E-state index in [4.69, 9.17) is 9.40 Å². The number of likely N-dealkylation sites (tertiary alicyclic amines) is 1. The van der Waals surface area contributed by atoms with Crippen molar-refractivity contribution in [2.75, 3.05) is 44.7 Å². The van der Waals surface area contributed by atoms with Gasteiger partial charge < -0.3 is 14.2 Å². The maximum Gasteiger partial charge on any atom is 0.209 e. The number of piperazine rings is 1. The minimum atomic E-state index is 0.350. The van der Waals surface area contributed by atoms with Crippen LogP contribution in [0.15, 0.2) is 40.9 Å². The lowest BCUT2D eigenvalue weighted by Gasteiger charge is -2.34. The molecule has 3 aromatic rings. The van der Waals surface area contributed by atoms with Gasteiger partial charge in [0.1, 0.15) is 5.52 Å². The summed E-state index contributed by atoms with van der Waals surface area (Å²) in [6.07, 6.45) is 4.23. The number of para-hydroxylation sites is 1. The number of hydrogen-bond acceptors (Lipinski definition) is 6. The van der Waals surface area contributed by atoms with Crippen molar-refractivity contribution in [1.82, 2.24) is 19.8 Å². The standard InChI is InChI=1S/C23H29N5O/c1-17-6-4-10-24-22(17)18-8-5-11-28(18)16-21-25-23-19(7-3-9-20(23)29-21)27-14-12-26(2)13-15-27/h3-4,6-7,9-10,18H,5,8,11-16H2,1-2H3. The highest BCUT2D eigenvalue weighted by Gasteiger charge is 2.29. The summed E-state index contributed by atoms with van der Waals surface area (Å²) in [7, 11) is 2.18. The summed E-state index contributed by atoms with van der Waals surface area (Å²) in [6, 6.07) is 10.8. The van der Waals surface area contributed by atoms with Crippen LogP contribution in [-0.2, 0) is 6.54 Å². The molecule has 2 fully saturated rings. The molecule has 4 heterocycles. The zero-order chi connectivity index (χ0) is 19.8. The maximum atomic E-state index is 6.19. The van der Waals surface area contributed by atoms with E-state index in [-0.39, 0.29) is 0 Å². The van der Waals surface area contributed by atoms with Crippen LogP contribution in [-0.4, -0.2) is 59.5 Å². The molecule has 1 aromatic carbocycles. The number of likely N-dealkylation sites (N-methyl/N-ethyl adjacent to an activating group) is 1. The Hall–Kier alpha value is -2.44. The quantitative estimate of drug-likeness (QED) is 0.677. The van der Waals surface area contributed by atoms with Gasteiger partial charge in [-0.1, -0.05) is 12.1 Å². The molecule has 2 aliphatic heterocycles. The minimum Gasteiger partial charge on any atom is -0.439 e. The lowest BCUT2D eigenvalue weighted by atomic mass is 10.1. The Labute approximate surface area is 172 Å². The van der Waals surface area contributed by atoms with Crippen molar-refractivity contribution in [2.45, 2.75) is 32.4 Å². The molecule has 1 atom stereocenters. The zero-order valence-electron chi connectivity index (χ0n) is 17.3. The van der Waals surface area contributed by atoms with Crippen LogP contribution in [0.25, 0.3) is 11.1 Å². The van der Waals surface area contributed by atoms with Crippen molar-refractivity contribution in [3.05, 3.63) is 53.7 Å². The predicted molar refractivity (Wildman–Crippen MR) is 115 cm³/mol. The molecule has 2 aromatic heterocycles. The molecule has 0 bridgehead atoms. The molecule has 1 unspecified atom stereocenters. The van der Waals surface area contributed by atoms with Crippen LogP contribution in [0.4, 0.5) is 5.69 Å². The predicted octanol–water partition coefficient (Wildman–Crippen LogP) is 3.62. The summed E-state index contributed by atoms with van der Waals surface area (Å²) in [6.45, 7) is 8.18. The first-order valence-corrected chi connectivity index (χ1v) is 10.7. The van der Waals surface area contributed by atoms with Gasteiger partial charge in [-0.15, -0.1) is 0 Å². The number of pyridine rings is 1. The van der Waals surface area contributed by atoms with E-state index in [1.807, 2.05) is 18.3 Å². The third-order valence-corrected chi connectivity index (χ3v) is 6.35. The molecule has 0 N–H and O–H groups in total. The number of aryl methyl sites for hydroxylation is 1. The minimum absolute atomic E-state index is 0.350. The fourth-order valence-electron chi connectivity index (χ4n) is 4.70. The van der Waals surface area contributed by atoms with Gasteiger partial charge in [-0.05, 0) is 57.1 Å². The monoisotopic (exact) mass is 391 g/mol. The molecule has 2 saturated heterocycles. The van der Waals surface area contributed by atoms with Gasteiger partial charge in [-0.25, -0.2) is 4.98 Å². The van der Waals surface area contributed by atoms with Crippen molar-refractivity contribution >= 4 is 16.8 Å². The molecule has 2 aliphatic rings. The fourth-order valence-corrected chi connectivity index (χ4v) is 4.70. The second-order valence-corrected chi connectivity index (χ2v) is 8.36. The molecule has 6 heteroatoms. The van der Waals surface area contributed by atoms with E-state index >= 15 is 0 Å². The highest BCUT2D eigenvalue weighted by molar-refractivity contribution is 5.87. The Morgan fingerprint density at radius 1 is 1.07 bits per heavy atom. The summed E-state index contributed by atoms with van der Waals surface area (Å²) < 4.78 is 6.19. The van der Waals surface area contributed by atoms with Crippen LogP contribution < -0.4 is 4.90 Å². The topological polar surface area (TPSA) is 48.6 Å². The molecular weight excluding hydrogens is 362 g/mol. The Bertz CT molecular complexity index is 992. The average molecular weight is 392 g/mol. The van der Waals surface area contributed by atoms with Crippen molar-refractivity contribution < 1.29 is 4.42 Å². The van der Waals surface area contributed by atoms with Crippen LogP contribution in [0.3, 0.4) is 0 Å². The van der Waals surface area contributed by atoms with Gasteiger partial charge >= 0.3 is 0 Å². The number of hydrogen-bond donors (Lipinski definition) is 0. The second-order valence-electron chi connectivity index (χ2n) is 8.36. The first kappa shape index (κ1) is 18.6. The van der Waals surface area contributed by atoms with Gasteiger partial charge in [0.05, 0.1) is 24.0 Å². The van der Waals surface area contributed by atoms with E-state index in [1.165, 1.54) is 23.4 Å². The number of rotatable bonds is 4. The molecule has 0 radical (unpaired) electrons. The number of nitrogens with zero attached hydrogens (tertiary/aromatic N) is 5. The van der Waals surface area contributed by atoms with E-state index in [0.29, 0.717) is 6.04 Å². The summed E-state index contributed by atoms with van der Waals surface area (Å²) in [4.78, 5) is 16.9. The van der Waals surface area contributed by atoms with Crippen LogP contribution in [0.5, 0.6) is 0 Å². The SMILES string of the molecule is Cc1cccnc1C1CCCN1Cc1nc2c(N3CCN(C)CC3)cccc2o1. The Morgan fingerprint density at radius 3 is 2.76 bits per heavy atom. The zero-order valence-corrected chi connectivity index (χ0v) is 17.3. The molecule has 6 nitrogen and oxygen atoms in total. The molecular formula is C23H29N5O. The first-order chi connectivity index (χ1) is 14.2. The number of benzene rings is 1. The molecule has 29 heavy (non-hydrogen) atoms. The van der Waals surface area contributed by atoms with Gasteiger partial charge in [0.2, 0.25) is 5.89 Å². The molecule has 0 saturated carbocycles. The largest absolute Gasteiger partial charge is 0.439 e. The van der Waals surface area contributed by atoms with Crippen LogP contribution in [0.2, 0.25) is 0 Å². The normalized spacial score (nSPS) is 21.3. The van der Waals surface area contributed by atoms with Gasteiger partial charge in [-0.2, -0.15) is 0 Å². The lowest BCUT2D eigenvalue weighted by Crippen LogP contribution is -2.44. The molecule has 152 valence electrons. The summed E-state index contributed by atoms with van der Waals surface area (Å²) in [5.74, 6) is 0.807. The van der Waals surface area contributed by atoms with Gasteiger partial charge in [0, 0.05) is 32.4 Å².